The summed E-state index contributed by atoms with van der Waals surface area (Å²) in [5.41, 5.74) is 1.16. The van der Waals surface area contributed by atoms with Gasteiger partial charge in [-0.15, -0.1) is 0 Å². The first-order valence-electron chi connectivity index (χ1n) is 5.24. The van der Waals surface area contributed by atoms with Gasteiger partial charge in [0.15, 0.2) is 0 Å². The summed E-state index contributed by atoms with van der Waals surface area (Å²) < 4.78 is 0. The summed E-state index contributed by atoms with van der Waals surface area (Å²) >= 11 is 1.56. The normalized spacial score (nSPS) is 16.2. The number of hydrogen-bond donors (Lipinski definition) is 0. The lowest BCUT2D eigenvalue weighted by Crippen LogP contribution is -2.28. The number of hydrogen-bond acceptors (Lipinski definition) is 3. The molecule has 1 amide bonds. The molecule has 1 aliphatic heterocycles. The molecule has 82 valence electrons. The van der Waals surface area contributed by atoms with E-state index in [9.17, 15) is 4.79 Å². The third-order valence-electron chi connectivity index (χ3n) is 2.60. The van der Waals surface area contributed by atoms with Crippen molar-refractivity contribution in [2.75, 3.05) is 13.1 Å². The lowest BCUT2D eigenvalue weighted by Gasteiger charge is -2.13. The highest BCUT2D eigenvalue weighted by atomic mass is 32.1. The summed E-state index contributed by atoms with van der Waals surface area (Å²) in [5.74, 6) is -0.133. The number of carbonyl (C=O) groups is 1. The van der Waals surface area contributed by atoms with Crippen molar-refractivity contribution in [1.29, 1.82) is 5.26 Å². The van der Waals surface area contributed by atoms with E-state index in [2.05, 4.69) is 0 Å². The average molecular weight is 232 g/mol. The Morgan fingerprint density at radius 2 is 2.25 bits per heavy atom. The predicted molar refractivity (Wildman–Crippen MR) is 63.7 cm³/mol. The Bertz CT molecular complexity index is 436. The SMILES string of the molecule is N#C/C(=C\c1ccsc1)C(=O)N1CCCC1. The zero-order chi connectivity index (χ0) is 11.4. The molecule has 4 heteroatoms. The molecule has 0 atom stereocenters. The van der Waals surface area contributed by atoms with Gasteiger partial charge in [-0.2, -0.15) is 16.6 Å². The largest absolute Gasteiger partial charge is 0.338 e. The second-order valence-electron chi connectivity index (χ2n) is 3.73. The van der Waals surface area contributed by atoms with E-state index in [1.54, 1.807) is 22.3 Å². The number of nitriles is 1. The topological polar surface area (TPSA) is 44.1 Å². The standard InChI is InChI=1S/C12H12N2OS/c13-8-11(7-10-3-6-16-9-10)12(15)14-4-1-2-5-14/h3,6-7,9H,1-2,4-5H2/b11-7+. The van der Waals surface area contributed by atoms with Crippen molar-refractivity contribution >= 4 is 23.3 Å². The third kappa shape index (κ3) is 2.31. The van der Waals surface area contributed by atoms with Crippen LogP contribution < -0.4 is 0 Å². The van der Waals surface area contributed by atoms with Crippen LogP contribution >= 0.6 is 11.3 Å². The maximum absolute atomic E-state index is 11.9. The Balaban J connectivity index is 2.16. The molecule has 0 radical (unpaired) electrons. The van der Waals surface area contributed by atoms with Crippen molar-refractivity contribution in [2.45, 2.75) is 12.8 Å². The van der Waals surface area contributed by atoms with Crippen LogP contribution in [0.15, 0.2) is 22.4 Å². The van der Waals surface area contributed by atoms with Crippen LogP contribution in [0.5, 0.6) is 0 Å². The second kappa shape index (κ2) is 4.95. The third-order valence-corrected chi connectivity index (χ3v) is 3.30. The predicted octanol–water partition coefficient (Wildman–Crippen LogP) is 2.28. The minimum Gasteiger partial charge on any atom is -0.338 e. The zero-order valence-electron chi connectivity index (χ0n) is 8.85. The minimum atomic E-state index is -0.133. The number of carbonyl (C=O) groups excluding carboxylic acids is 1. The monoisotopic (exact) mass is 232 g/mol. The molecule has 3 nitrogen and oxygen atoms in total. The first-order valence-corrected chi connectivity index (χ1v) is 6.19. The van der Waals surface area contributed by atoms with Gasteiger partial charge in [-0.1, -0.05) is 0 Å². The van der Waals surface area contributed by atoms with Gasteiger partial charge in [-0.3, -0.25) is 4.79 Å². The Morgan fingerprint density at radius 1 is 1.50 bits per heavy atom. The Labute approximate surface area is 98.6 Å². The molecule has 0 N–H and O–H groups in total. The number of amides is 1. The molecular formula is C12H12N2OS. The molecule has 1 fully saturated rings. The van der Waals surface area contributed by atoms with Crippen molar-refractivity contribution in [3.05, 3.63) is 28.0 Å². The lowest BCUT2D eigenvalue weighted by atomic mass is 10.2. The van der Waals surface area contributed by atoms with Crippen molar-refractivity contribution in [2.24, 2.45) is 0 Å². The van der Waals surface area contributed by atoms with Crippen molar-refractivity contribution in [3.63, 3.8) is 0 Å². The minimum absolute atomic E-state index is 0.133. The fraction of sp³-hybridized carbons (Fsp3) is 0.333. The van der Waals surface area contributed by atoms with E-state index in [0.29, 0.717) is 0 Å². The van der Waals surface area contributed by atoms with Gasteiger partial charge in [0.1, 0.15) is 11.6 Å². The molecule has 0 bridgehead atoms. The van der Waals surface area contributed by atoms with E-state index in [1.807, 2.05) is 22.9 Å². The van der Waals surface area contributed by atoms with E-state index in [-0.39, 0.29) is 11.5 Å². The van der Waals surface area contributed by atoms with E-state index in [1.165, 1.54) is 0 Å². The fourth-order valence-electron chi connectivity index (χ4n) is 1.76. The van der Waals surface area contributed by atoms with Gasteiger partial charge >= 0.3 is 0 Å². The van der Waals surface area contributed by atoms with Gasteiger partial charge in [0, 0.05) is 13.1 Å². The van der Waals surface area contributed by atoms with E-state index in [0.717, 1.165) is 31.5 Å². The summed E-state index contributed by atoms with van der Waals surface area (Å²) in [5, 5.41) is 12.9. The van der Waals surface area contributed by atoms with Crippen LogP contribution in [0.25, 0.3) is 6.08 Å². The van der Waals surface area contributed by atoms with Crippen LogP contribution in [-0.2, 0) is 4.79 Å². The Kier molecular flexibility index (Phi) is 3.37. The number of rotatable bonds is 2. The van der Waals surface area contributed by atoms with E-state index in [4.69, 9.17) is 5.26 Å². The van der Waals surface area contributed by atoms with Crippen LogP contribution in [0.1, 0.15) is 18.4 Å². The average Bonchev–Trinajstić information content (AvgIpc) is 2.97. The quantitative estimate of drug-likeness (QED) is 0.580. The fourth-order valence-corrected chi connectivity index (χ4v) is 2.37. The van der Waals surface area contributed by atoms with Gasteiger partial charge in [0.05, 0.1) is 0 Å². The Morgan fingerprint density at radius 3 is 2.81 bits per heavy atom. The maximum atomic E-state index is 11.9. The highest BCUT2D eigenvalue weighted by Gasteiger charge is 2.21. The molecule has 2 heterocycles. The van der Waals surface area contributed by atoms with Crippen LogP contribution in [0.4, 0.5) is 0 Å². The van der Waals surface area contributed by atoms with E-state index >= 15 is 0 Å². The molecule has 0 unspecified atom stereocenters. The molecule has 0 saturated carbocycles. The number of thiophene rings is 1. The molecule has 0 aliphatic carbocycles. The molecule has 1 saturated heterocycles. The van der Waals surface area contributed by atoms with Crippen molar-refractivity contribution in [1.82, 2.24) is 4.90 Å². The number of likely N-dealkylation sites (tertiary alicyclic amines) is 1. The summed E-state index contributed by atoms with van der Waals surface area (Å²) in [7, 11) is 0. The molecule has 16 heavy (non-hydrogen) atoms. The molecular weight excluding hydrogens is 220 g/mol. The lowest BCUT2D eigenvalue weighted by molar-refractivity contribution is -0.125. The molecule has 0 aromatic carbocycles. The van der Waals surface area contributed by atoms with Crippen LogP contribution in [0.2, 0.25) is 0 Å². The Hall–Kier alpha value is -1.60. The van der Waals surface area contributed by atoms with Crippen molar-refractivity contribution in [3.8, 4) is 6.07 Å². The first kappa shape index (κ1) is 10.9. The van der Waals surface area contributed by atoms with Gasteiger partial charge < -0.3 is 4.90 Å². The summed E-state index contributed by atoms with van der Waals surface area (Å²) in [6.45, 7) is 1.56. The molecule has 1 aromatic heterocycles. The molecule has 0 spiro atoms. The number of nitrogens with zero attached hydrogens (tertiary/aromatic N) is 2. The second-order valence-corrected chi connectivity index (χ2v) is 4.51. The van der Waals surface area contributed by atoms with Crippen LogP contribution in [0.3, 0.4) is 0 Å². The first-order chi connectivity index (χ1) is 7.81. The molecule has 1 aliphatic rings. The van der Waals surface area contributed by atoms with Crippen LogP contribution in [0, 0.1) is 11.3 Å². The molecule has 1 aromatic rings. The molecule has 2 rings (SSSR count). The van der Waals surface area contributed by atoms with E-state index < -0.39 is 0 Å². The smallest absolute Gasteiger partial charge is 0.264 e. The van der Waals surface area contributed by atoms with Crippen LogP contribution in [-0.4, -0.2) is 23.9 Å². The maximum Gasteiger partial charge on any atom is 0.264 e. The van der Waals surface area contributed by atoms with Gasteiger partial charge in [-0.25, -0.2) is 0 Å². The van der Waals surface area contributed by atoms with Gasteiger partial charge in [-0.05, 0) is 41.3 Å². The summed E-state index contributed by atoms with van der Waals surface area (Å²) in [4.78, 5) is 13.7. The van der Waals surface area contributed by atoms with Crippen molar-refractivity contribution < 1.29 is 4.79 Å². The summed E-state index contributed by atoms with van der Waals surface area (Å²) in [6.07, 6.45) is 3.75. The highest BCUT2D eigenvalue weighted by Crippen LogP contribution is 2.15. The van der Waals surface area contributed by atoms with Gasteiger partial charge in [0.2, 0.25) is 0 Å². The summed E-state index contributed by atoms with van der Waals surface area (Å²) in [6, 6.07) is 3.89. The zero-order valence-corrected chi connectivity index (χ0v) is 9.67. The van der Waals surface area contributed by atoms with Gasteiger partial charge in [0.25, 0.3) is 5.91 Å². The highest BCUT2D eigenvalue weighted by molar-refractivity contribution is 7.08.